The van der Waals surface area contributed by atoms with E-state index < -0.39 is 11.9 Å². The van der Waals surface area contributed by atoms with Crippen molar-refractivity contribution in [3.8, 4) is 5.75 Å². The largest absolute Gasteiger partial charge is 0.478 e. The van der Waals surface area contributed by atoms with E-state index in [-0.39, 0.29) is 91.1 Å². The van der Waals surface area contributed by atoms with E-state index in [9.17, 15) is 24.0 Å². The van der Waals surface area contributed by atoms with Crippen LogP contribution in [0.3, 0.4) is 0 Å². The molecule has 5 aliphatic rings. The molecular weight excluding hydrogens is 857 g/mol. The molecular formula is C47H55ClFN9O7. The van der Waals surface area contributed by atoms with Crippen LogP contribution in [0.5, 0.6) is 5.75 Å². The lowest BCUT2D eigenvalue weighted by Gasteiger charge is -2.49. The number of benzene rings is 2. The first-order chi connectivity index (χ1) is 31.3. The molecule has 2 aromatic heterocycles. The summed E-state index contributed by atoms with van der Waals surface area (Å²) < 4.78 is 30.0. The molecule has 1 saturated carbocycles. The molecule has 0 unspecified atom stereocenters. The second kappa shape index (κ2) is 18.3. The molecule has 1 aliphatic carbocycles. The average Bonchev–Trinajstić information content (AvgIpc) is 3.61. The number of likely N-dealkylation sites (N-methyl/N-ethyl adjacent to an activating group) is 1. The number of carbonyl (C=O) groups is 4. The summed E-state index contributed by atoms with van der Waals surface area (Å²) in [4.78, 5) is 77.9. The fourth-order valence-electron chi connectivity index (χ4n) is 10.3. The Morgan fingerprint density at radius 2 is 1.78 bits per heavy atom. The molecule has 3 atom stereocenters. The van der Waals surface area contributed by atoms with Gasteiger partial charge in [0, 0.05) is 66.9 Å². The summed E-state index contributed by atoms with van der Waals surface area (Å²) in [5.41, 5.74) is 2.40. The van der Waals surface area contributed by atoms with Crippen molar-refractivity contribution in [3.63, 3.8) is 0 Å². The molecule has 4 aliphatic heterocycles. The maximum atomic E-state index is 16.1. The van der Waals surface area contributed by atoms with Crippen LogP contribution in [0.1, 0.15) is 106 Å². The summed E-state index contributed by atoms with van der Waals surface area (Å²) in [5, 5.41) is 9.24. The predicted molar refractivity (Wildman–Crippen MR) is 242 cm³/mol. The summed E-state index contributed by atoms with van der Waals surface area (Å²) in [6.45, 7) is 8.13. The minimum Gasteiger partial charge on any atom is -0.478 e. The first-order valence-electron chi connectivity index (χ1n) is 22.7. The van der Waals surface area contributed by atoms with Gasteiger partial charge in [-0.05, 0) is 114 Å². The number of halogens is 2. The number of rotatable bonds is 12. The number of hydrogen-bond acceptors (Lipinski definition) is 12. The first kappa shape index (κ1) is 44.5. The number of ether oxygens (including phenoxy) is 2. The van der Waals surface area contributed by atoms with E-state index in [0.717, 1.165) is 69.1 Å². The van der Waals surface area contributed by atoms with E-state index in [1.54, 1.807) is 29.0 Å². The van der Waals surface area contributed by atoms with Gasteiger partial charge in [-0.2, -0.15) is 4.98 Å². The Morgan fingerprint density at radius 3 is 2.51 bits per heavy atom. The molecule has 4 amide bonds. The Labute approximate surface area is 381 Å². The molecule has 0 bridgehead atoms. The fourth-order valence-corrected chi connectivity index (χ4v) is 10.4. The third-order valence-electron chi connectivity index (χ3n) is 13.8. The molecule has 16 nitrogen and oxygen atoms in total. The smallest absolute Gasteiger partial charge is 0.293 e. The third kappa shape index (κ3) is 8.89. The van der Waals surface area contributed by atoms with Crippen molar-refractivity contribution in [2.45, 2.75) is 121 Å². The number of hydrogen-bond donors (Lipinski definition) is 3. The van der Waals surface area contributed by atoms with Crippen LogP contribution < -0.4 is 31.1 Å². The molecule has 4 fully saturated rings. The van der Waals surface area contributed by atoms with Crippen molar-refractivity contribution >= 4 is 63.6 Å². The highest BCUT2D eigenvalue weighted by molar-refractivity contribution is 6.33. The molecule has 3 N–H and O–H groups in total. The van der Waals surface area contributed by atoms with Gasteiger partial charge >= 0.3 is 0 Å². The van der Waals surface area contributed by atoms with E-state index in [0.29, 0.717) is 45.2 Å². The quantitative estimate of drug-likeness (QED) is 0.151. The second-order valence-electron chi connectivity index (χ2n) is 18.3. The Hall–Kier alpha value is -5.65. The highest BCUT2D eigenvalue weighted by Crippen LogP contribution is 2.41. The number of pyridine rings is 1. The molecule has 3 saturated heterocycles. The van der Waals surface area contributed by atoms with Gasteiger partial charge in [0.15, 0.2) is 18.2 Å². The zero-order valence-electron chi connectivity index (χ0n) is 37.1. The van der Waals surface area contributed by atoms with Crippen LogP contribution in [0.15, 0.2) is 47.4 Å². The molecule has 2 aromatic carbocycles. The van der Waals surface area contributed by atoms with Gasteiger partial charge in [-0.25, -0.2) is 9.37 Å². The zero-order chi connectivity index (χ0) is 45.7. The van der Waals surface area contributed by atoms with Gasteiger partial charge in [-0.3, -0.25) is 34.2 Å². The van der Waals surface area contributed by atoms with Crippen LogP contribution in [-0.2, 0) is 25.7 Å². The minimum atomic E-state index is -0.774. The summed E-state index contributed by atoms with van der Waals surface area (Å²) in [5.74, 6) is -0.764. The molecule has 4 aromatic rings. The number of imide groups is 1. The molecule has 0 spiro atoms. The van der Waals surface area contributed by atoms with Crippen LogP contribution in [-0.4, -0.2) is 112 Å². The summed E-state index contributed by atoms with van der Waals surface area (Å²) in [6, 6.07) is 10.5. The van der Waals surface area contributed by atoms with Gasteiger partial charge in [0.05, 0.1) is 30.5 Å². The van der Waals surface area contributed by atoms with E-state index in [1.165, 1.54) is 11.9 Å². The number of likely N-dealkylation sites (tertiary alicyclic amines) is 1. The second-order valence-corrected chi connectivity index (χ2v) is 18.7. The van der Waals surface area contributed by atoms with Crippen LogP contribution in [0, 0.1) is 5.82 Å². The summed E-state index contributed by atoms with van der Waals surface area (Å²) >= 11 is 6.60. The van der Waals surface area contributed by atoms with Gasteiger partial charge in [-0.1, -0.05) is 17.7 Å². The highest BCUT2D eigenvalue weighted by Gasteiger charge is 2.43. The van der Waals surface area contributed by atoms with Crippen molar-refractivity contribution in [2.24, 2.45) is 0 Å². The number of piperidine rings is 3. The fraction of sp³-hybridized carbons (Fsp3) is 0.511. The Balaban J connectivity index is 0.757. The van der Waals surface area contributed by atoms with Gasteiger partial charge in [0.1, 0.15) is 16.9 Å². The zero-order valence-corrected chi connectivity index (χ0v) is 37.8. The summed E-state index contributed by atoms with van der Waals surface area (Å²) in [6.07, 6.45) is 7.56. The predicted octanol–water partition coefficient (Wildman–Crippen LogP) is 5.58. The van der Waals surface area contributed by atoms with E-state index in [2.05, 4.69) is 37.7 Å². The Morgan fingerprint density at radius 1 is 1.00 bits per heavy atom. The normalized spacial score (nSPS) is 24.0. The maximum Gasteiger partial charge on any atom is 0.293 e. The van der Waals surface area contributed by atoms with Crippen molar-refractivity contribution in [1.82, 2.24) is 35.0 Å². The van der Waals surface area contributed by atoms with E-state index in [1.807, 2.05) is 32.0 Å². The Bertz CT molecular complexity index is 2590. The minimum absolute atomic E-state index is 0.0300. The first-order valence-corrected chi connectivity index (χ1v) is 23.1. The van der Waals surface area contributed by atoms with Crippen molar-refractivity contribution in [1.29, 1.82) is 0 Å². The molecule has 65 heavy (non-hydrogen) atoms. The van der Waals surface area contributed by atoms with E-state index in [4.69, 9.17) is 26.1 Å². The average molecular weight is 912 g/mol. The highest BCUT2D eigenvalue weighted by atomic mass is 35.5. The van der Waals surface area contributed by atoms with Crippen molar-refractivity contribution in [2.75, 3.05) is 43.5 Å². The Kier molecular flexibility index (Phi) is 12.6. The van der Waals surface area contributed by atoms with Crippen LogP contribution in [0.4, 0.5) is 21.8 Å². The van der Waals surface area contributed by atoms with Crippen LogP contribution in [0.25, 0.3) is 10.9 Å². The van der Waals surface area contributed by atoms with Crippen molar-refractivity contribution in [3.05, 3.63) is 80.5 Å². The van der Waals surface area contributed by atoms with Gasteiger partial charge < -0.3 is 34.5 Å². The third-order valence-corrected chi connectivity index (χ3v) is 14.1. The van der Waals surface area contributed by atoms with E-state index >= 15 is 4.39 Å². The molecule has 6 heterocycles. The lowest BCUT2D eigenvalue weighted by atomic mass is 9.80. The van der Waals surface area contributed by atoms with Crippen LogP contribution in [0.2, 0.25) is 5.02 Å². The number of fused-ring (bicyclic) bond motifs is 2. The molecule has 9 rings (SSSR count). The standard InChI is InChI=1S/C47H55ClFN9O7/c1-25(2)58-37-8-5-29(18-28(37)19-39(46(58)63)64-24-41(60)50-4)52-43-36(48)22-51-47(54-43)55-14-12-31(13-15-55)65-32-20-30(21-32)56-16-11-27(17-26(56)3)33-6-7-34-35(42(33)49)23-57(45(34)62)38-9-10-40(59)53-44(38)61/h5-8,18-19,22,25-27,30-32,38H,9-17,20-21,23-24H2,1-4H3,(H,50,60)(H,51,52,54)(H,53,59,61)/t26-,27+,30-,32-,38-/m0/s1. The monoisotopic (exact) mass is 911 g/mol. The number of anilines is 3. The lowest BCUT2D eigenvalue weighted by Crippen LogP contribution is -2.55. The number of nitrogens with zero attached hydrogens (tertiary/aromatic N) is 6. The van der Waals surface area contributed by atoms with Crippen LogP contribution >= 0.6 is 11.6 Å². The van der Waals surface area contributed by atoms with Gasteiger partial charge in [-0.15, -0.1) is 0 Å². The number of nitrogens with one attached hydrogen (secondary N) is 3. The maximum absolute atomic E-state index is 16.1. The SMILES string of the molecule is CNC(=O)COc1cc2cc(Nc3nc(N4CCC(O[C@H]5C[C@H](N6CC[C@@H](c7ccc8c(c7F)CN([C@H]7CCC(=O)NC7=O)C8=O)C[C@@H]6C)C5)CC4)ncc3Cl)ccc2n(C(C)C)c1=O. The molecule has 18 heteroatoms. The molecule has 344 valence electrons. The summed E-state index contributed by atoms with van der Waals surface area (Å²) in [7, 11) is 1.51. The number of carbonyl (C=O) groups excluding carboxylic acids is 4. The lowest BCUT2D eigenvalue weighted by molar-refractivity contribution is -0.137. The van der Waals surface area contributed by atoms with Gasteiger partial charge in [0.2, 0.25) is 17.8 Å². The molecule has 0 radical (unpaired) electrons. The van der Waals surface area contributed by atoms with Gasteiger partial charge in [0.25, 0.3) is 17.4 Å². The van der Waals surface area contributed by atoms with Crippen molar-refractivity contribution < 1.29 is 33.0 Å². The number of amides is 4. The number of aromatic nitrogens is 3. The topological polar surface area (TPSA) is 180 Å².